The van der Waals surface area contributed by atoms with Crippen LogP contribution < -0.4 is 0 Å². The van der Waals surface area contributed by atoms with Crippen LogP contribution in [0.5, 0.6) is 0 Å². The average Bonchev–Trinajstić information content (AvgIpc) is 2.41. The zero-order valence-corrected chi connectivity index (χ0v) is 10.5. The Balaban J connectivity index is 2.34. The van der Waals surface area contributed by atoms with Gasteiger partial charge in [-0.05, 0) is 30.2 Å². The van der Waals surface area contributed by atoms with Gasteiger partial charge in [-0.1, -0.05) is 43.3 Å². The Morgan fingerprint density at radius 1 is 1.11 bits per heavy atom. The number of hydrogen-bond donors (Lipinski definition) is 0. The van der Waals surface area contributed by atoms with Crippen LogP contribution >= 0.6 is 0 Å². The van der Waals surface area contributed by atoms with Crippen LogP contribution in [0.2, 0.25) is 0 Å². The zero-order valence-electron chi connectivity index (χ0n) is 10.5. The van der Waals surface area contributed by atoms with Gasteiger partial charge in [0, 0.05) is 11.5 Å². The van der Waals surface area contributed by atoms with Crippen molar-refractivity contribution in [1.82, 2.24) is 0 Å². The highest BCUT2D eigenvalue weighted by Gasteiger charge is 2.19. The second kappa shape index (κ2) is 5.13. The number of carbonyl (C=O) groups is 1. The third-order valence-electron chi connectivity index (χ3n) is 3.16. The Morgan fingerprint density at radius 3 is 2.44 bits per heavy atom. The minimum Gasteiger partial charge on any atom is -0.293 e. The second-order valence-corrected chi connectivity index (χ2v) is 4.46. The van der Waals surface area contributed by atoms with Gasteiger partial charge in [0.25, 0.3) is 0 Å². The lowest BCUT2D eigenvalue weighted by Gasteiger charge is -2.12. The van der Waals surface area contributed by atoms with Gasteiger partial charge in [0.1, 0.15) is 5.82 Å². The molecule has 0 aliphatic rings. The van der Waals surface area contributed by atoms with Gasteiger partial charge in [0.15, 0.2) is 5.78 Å². The molecule has 0 spiro atoms. The fourth-order valence-corrected chi connectivity index (χ4v) is 1.99. The van der Waals surface area contributed by atoms with E-state index in [1.165, 1.54) is 12.1 Å². The summed E-state index contributed by atoms with van der Waals surface area (Å²) < 4.78 is 13.2. The summed E-state index contributed by atoms with van der Waals surface area (Å²) in [6.07, 6.45) is 0. The molecule has 92 valence electrons. The van der Waals surface area contributed by atoms with Crippen LogP contribution in [0.4, 0.5) is 4.39 Å². The van der Waals surface area contributed by atoms with Gasteiger partial charge in [-0.25, -0.2) is 4.39 Å². The summed E-state index contributed by atoms with van der Waals surface area (Å²) in [7, 11) is 0. The molecule has 1 unspecified atom stereocenters. The molecule has 2 heteroatoms. The average molecular weight is 242 g/mol. The molecule has 18 heavy (non-hydrogen) atoms. The third kappa shape index (κ3) is 2.48. The summed E-state index contributed by atoms with van der Waals surface area (Å²) in [5, 5.41) is 0. The first-order valence-corrected chi connectivity index (χ1v) is 5.95. The zero-order chi connectivity index (χ0) is 13.1. The molecular weight excluding hydrogens is 227 g/mol. The number of halogens is 1. The maximum absolute atomic E-state index is 13.2. The lowest BCUT2D eigenvalue weighted by molar-refractivity contribution is 0.0965. The molecular formula is C16H15FO. The van der Waals surface area contributed by atoms with E-state index in [1.807, 2.05) is 44.2 Å². The van der Waals surface area contributed by atoms with Crippen molar-refractivity contribution in [2.24, 2.45) is 0 Å². The van der Waals surface area contributed by atoms with Gasteiger partial charge < -0.3 is 0 Å². The molecule has 0 N–H and O–H groups in total. The first-order valence-electron chi connectivity index (χ1n) is 5.95. The number of Topliss-reactive ketones (excluding diaryl/α,β-unsaturated/α-hetero) is 1. The monoisotopic (exact) mass is 242 g/mol. The lowest BCUT2D eigenvalue weighted by Crippen LogP contribution is -2.11. The maximum Gasteiger partial charge on any atom is 0.170 e. The normalized spacial score (nSPS) is 12.2. The number of aryl methyl sites for hydroxylation is 1. The molecule has 1 nitrogen and oxygen atoms in total. The van der Waals surface area contributed by atoms with E-state index in [-0.39, 0.29) is 17.5 Å². The van der Waals surface area contributed by atoms with Crippen LogP contribution in [-0.2, 0) is 0 Å². The Hall–Kier alpha value is -1.96. The van der Waals surface area contributed by atoms with E-state index in [0.717, 1.165) is 11.1 Å². The molecule has 0 radical (unpaired) electrons. The van der Waals surface area contributed by atoms with E-state index in [2.05, 4.69) is 0 Å². The molecule has 0 heterocycles. The molecule has 2 aromatic carbocycles. The molecule has 0 bridgehead atoms. The van der Waals surface area contributed by atoms with Crippen molar-refractivity contribution in [3.63, 3.8) is 0 Å². The quantitative estimate of drug-likeness (QED) is 0.740. The minimum atomic E-state index is -0.371. The van der Waals surface area contributed by atoms with E-state index in [9.17, 15) is 9.18 Å². The van der Waals surface area contributed by atoms with Gasteiger partial charge in [-0.15, -0.1) is 0 Å². The molecule has 0 aliphatic carbocycles. The molecule has 0 fully saturated rings. The number of ketones is 1. The second-order valence-electron chi connectivity index (χ2n) is 4.46. The minimum absolute atomic E-state index is 0.0433. The standard InChI is InChI=1S/C16H15FO/c1-11-8-9-14(17)10-15(11)16(18)12(2)13-6-4-3-5-7-13/h3-10,12H,1-2H3. The van der Waals surface area contributed by atoms with Crippen molar-refractivity contribution in [1.29, 1.82) is 0 Å². The van der Waals surface area contributed by atoms with Crippen molar-refractivity contribution >= 4 is 5.78 Å². The van der Waals surface area contributed by atoms with Crippen LogP contribution in [0.15, 0.2) is 48.5 Å². The lowest BCUT2D eigenvalue weighted by atomic mass is 9.90. The van der Waals surface area contributed by atoms with Crippen LogP contribution in [0.1, 0.15) is 34.3 Å². The van der Waals surface area contributed by atoms with Gasteiger partial charge >= 0.3 is 0 Å². The van der Waals surface area contributed by atoms with Gasteiger partial charge in [-0.2, -0.15) is 0 Å². The van der Waals surface area contributed by atoms with E-state index in [1.54, 1.807) is 6.07 Å². The van der Waals surface area contributed by atoms with Gasteiger partial charge in [-0.3, -0.25) is 4.79 Å². The molecule has 0 aromatic heterocycles. The predicted octanol–water partition coefficient (Wildman–Crippen LogP) is 4.12. The number of rotatable bonds is 3. The SMILES string of the molecule is Cc1ccc(F)cc1C(=O)C(C)c1ccccc1. The smallest absolute Gasteiger partial charge is 0.170 e. The summed E-state index contributed by atoms with van der Waals surface area (Å²) in [4.78, 5) is 12.4. The van der Waals surface area contributed by atoms with Crippen LogP contribution in [0, 0.1) is 12.7 Å². The third-order valence-corrected chi connectivity index (χ3v) is 3.16. The maximum atomic E-state index is 13.2. The molecule has 2 aromatic rings. The van der Waals surface area contributed by atoms with Crippen molar-refractivity contribution in [2.45, 2.75) is 19.8 Å². The van der Waals surface area contributed by atoms with Gasteiger partial charge in [0.05, 0.1) is 0 Å². The highest BCUT2D eigenvalue weighted by Crippen LogP contribution is 2.22. The summed E-state index contributed by atoms with van der Waals surface area (Å²) in [6, 6.07) is 13.9. The molecule has 0 amide bonds. The summed E-state index contributed by atoms with van der Waals surface area (Å²) in [6.45, 7) is 3.67. The molecule has 0 saturated carbocycles. The molecule has 2 rings (SSSR count). The van der Waals surface area contributed by atoms with Gasteiger partial charge in [0.2, 0.25) is 0 Å². The van der Waals surface area contributed by atoms with Crippen LogP contribution in [0.25, 0.3) is 0 Å². The first-order chi connectivity index (χ1) is 8.59. The number of benzene rings is 2. The Bertz CT molecular complexity index is 561. The van der Waals surface area contributed by atoms with Crippen LogP contribution in [-0.4, -0.2) is 5.78 Å². The molecule has 0 saturated heterocycles. The topological polar surface area (TPSA) is 17.1 Å². The number of carbonyl (C=O) groups excluding carboxylic acids is 1. The van der Waals surface area contributed by atoms with E-state index in [4.69, 9.17) is 0 Å². The summed E-state index contributed by atoms with van der Waals surface area (Å²) in [5.41, 5.74) is 2.22. The number of hydrogen-bond acceptors (Lipinski definition) is 1. The Labute approximate surface area is 106 Å². The van der Waals surface area contributed by atoms with Crippen molar-refractivity contribution in [3.8, 4) is 0 Å². The Morgan fingerprint density at radius 2 is 1.78 bits per heavy atom. The Kier molecular flexibility index (Phi) is 3.56. The van der Waals surface area contributed by atoms with E-state index < -0.39 is 0 Å². The van der Waals surface area contributed by atoms with Crippen molar-refractivity contribution in [3.05, 3.63) is 71.0 Å². The van der Waals surface area contributed by atoms with Crippen molar-refractivity contribution in [2.75, 3.05) is 0 Å². The summed E-state index contributed by atoms with van der Waals surface area (Å²) >= 11 is 0. The fourth-order valence-electron chi connectivity index (χ4n) is 1.99. The largest absolute Gasteiger partial charge is 0.293 e. The molecule has 0 aliphatic heterocycles. The van der Waals surface area contributed by atoms with Crippen LogP contribution in [0.3, 0.4) is 0 Å². The van der Waals surface area contributed by atoms with E-state index in [0.29, 0.717) is 5.56 Å². The predicted molar refractivity (Wildman–Crippen MR) is 70.3 cm³/mol. The highest BCUT2D eigenvalue weighted by atomic mass is 19.1. The first kappa shape index (κ1) is 12.5. The molecule has 1 atom stereocenters. The van der Waals surface area contributed by atoms with Crippen molar-refractivity contribution < 1.29 is 9.18 Å². The fraction of sp³-hybridized carbons (Fsp3) is 0.188. The highest BCUT2D eigenvalue weighted by molar-refractivity contribution is 6.01. The van der Waals surface area contributed by atoms with E-state index >= 15 is 0 Å². The summed E-state index contributed by atoms with van der Waals surface area (Å²) in [5.74, 6) is -0.672.